The van der Waals surface area contributed by atoms with Gasteiger partial charge in [0.2, 0.25) is 0 Å². The molecule has 0 amide bonds. The molecule has 0 atom stereocenters. The van der Waals surface area contributed by atoms with Gasteiger partial charge >= 0.3 is 5.69 Å². The maximum atomic E-state index is 12.5. The predicted octanol–water partition coefficient (Wildman–Crippen LogP) is 1.98. The van der Waals surface area contributed by atoms with Crippen LogP contribution in [0, 0.1) is 0 Å². The first-order valence-corrected chi connectivity index (χ1v) is 7.97. The molecule has 3 aromatic rings. The van der Waals surface area contributed by atoms with Gasteiger partial charge in [-0.3, -0.25) is 9.78 Å². The topological polar surface area (TPSA) is 78.2 Å². The largest absolute Gasteiger partial charge is 0.497 e. The van der Waals surface area contributed by atoms with Crippen molar-refractivity contribution in [3.63, 3.8) is 0 Å². The molecule has 3 rings (SSSR count). The Morgan fingerprint density at radius 1 is 1.25 bits per heavy atom. The molecule has 0 radical (unpaired) electrons. The minimum absolute atomic E-state index is 0.389. The highest BCUT2D eigenvalue weighted by atomic mass is 16.5. The van der Waals surface area contributed by atoms with Crippen molar-refractivity contribution < 1.29 is 9.72 Å². The molecular weight excluding hydrogens is 306 g/mol. The van der Waals surface area contributed by atoms with E-state index < -0.39 is 5.56 Å². The zero-order chi connectivity index (χ0) is 17.1. The van der Waals surface area contributed by atoms with Crippen molar-refractivity contribution in [3.8, 4) is 16.9 Å². The van der Waals surface area contributed by atoms with Crippen LogP contribution in [0.4, 0.5) is 0 Å². The van der Waals surface area contributed by atoms with Crippen LogP contribution in [0.5, 0.6) is 5.75 Å². The van der Waals surface area contributed by atoms with E-state index in [9.17, 15) is 9.59 Å². The van der Waals surface area contributed by atoms with E-state index in [2.05, 4.69) is 16.9 Å². The zero-order valence-electron chi connectivity index (χ0n) is 13.8. The van der Waals surface area contributed by atoms with E-state index in [1.54, 1.807) is 17.9 Å². The fraction of sp³-hybridized carbons (Fsp3) is 0.278. The maximum Gasteiger partial charge on any atom is 0.415 e. The van der Waals surface area contributed by atoms with E-state index in [1.807, 2.05) is 30.3 Å². The normalized spacial score (nSPS) is 10.9. The smallest absolute Gasteiger partial charge is 0.415 e. The Balaban J connectivity index is 2.30. The molecule has 2 aromatic heterocycles. The van der Waals surface area contributed by atoms with Gasteiger partial charge in [-0.25, -0.2) is 9.78 Å². The third-order valence-electron chi connectivity index (χ3n) is 4.05. The number of aromatic nitrogens is 3. The number of methoxy groups -OCH3 is 1. The highest BCUT2D eigenvalue weighted by Gasteiger charge is 2.19. The van der Waals surface area contributed by atoms with Gasteiger partial charge in [0, 0.05) is 5.56 Å². The van der Waals surface area contributed by atoms with Crippen LogP contribution in [0.1, 0.15) is 19.8 Å². The molecular formula is C18H20N3O3+. The number of hydrogen-bond acceptors (Lipinski definition) is 3. The van der Waals surface area contributed by atoms with E-state index in [0.29, 0.717) is 23.3 Å². The summed E-state index contributed by atoms with van der Waals surface area (Å²) in [7, 11) is 1.60. The maximum absolute atomic E-state index is 12.5. The average Bonchev–Trinajstić information content (AvgIpc) is 2.61. The molecule has 0 unspecified atom stereocenters. The van der Waals surface area contributed by atoms with Crippen molar-refractivity contribution in [3.05, 3.63) is 57.4 Å². The minimum atomic E-state index is -0.391. The number of aryl methyl sites for hydroxylation is 1. The van der Waals surface area contributed by atoms with Crippen LogP contribution in [0.25, 0.3) is 22.2 Å². The van der Waals surface area contributed by atoms with Gasteiger partial charge < -0.3 is 4.74 Å². The van der Waals surface area contributed by atoms with E-state index in [1.165, 1.54) is 0 Å². The number of H-pyrrole nitrogens is 2. The van der Waals surface area contributed by atoms with Gasteiger partial charge in [0.15, 0.2) is 0 Å². The number of nitrogens with one attached hydrogen (secondary N) is 2. The monoisotopic (exact) mass is 326 g/mol. The summed E-state index contributed by atoms with van der Waals surface area (Å²) in [6.45, 7) is 2.62. The molecule has 0 aliphatic rings. The molecule has 0 fully saturated rings. The van der Waals surface area contributed by atoms with E-state index in [0.717, 1.165) is 24.0 Å². The fourth-order valence-corrected chi connectivity index (χ4v) is 2.82. The van der Waals surface area contributed by atoms with Gasteiger partial charge in [-0.05, 0) is 30.2 Å². The molecule has 1 aromatic carbocycles. The van der Waals surface area contributed by atoms with Crippen LogP contribution in [0.2, 0.25) is 0 Å². The van der Waals surface area contributed by atoms with Crippen LogP contribution in [-0.2, 0) is 6.54 Å². The number of pyridine rings is 1. The molecule has 0 aliphatic carbocycles. The summed E-state index contributed by atoms with van der Waals surface area (Å²) >= 11 is 0. The Bertz CT molecular complexity index is 989. The Morgan fingerprint density at radius 2 is 2.08 bits per heavy atom. The van der Waals surface area contributed by atoms with Crippen LogP contribution in [0.15, 0.2) is 46.1 Å². The summed E-state index contributed by atoms with van der Waals surface area (Å²) in [6.07, 6.45) is 3.57. The Labute approximate surface area is 138 Å². The third kappa shape index (κ3) is 2.82. The highest BCUT2D eigenvalue weighted by molar-refractivity contribution is 5.90. The van der Waals surface area contributed by atoms with Crippen molar-refractivity contribution in [2.24, 2.45) is 0 Å². The lowest BCUT2D eigenvalue weighted by atomic mass is 10.0. The van der Waals surface area contributed by atoms with Crippen LogP contribution < -0.4 is 21.0 Å². The second-order valence-corrected chi connectivity index (χ2v) is 5.61. The summed E-state index contributed by atoms with van der Waals surface area (Å²) in [4.78, 5) is 30.1. The molecule has 0 bridgehead atoms. The minimum Gasteiger partial charge on any atom is -0.497 e. The number of rotatable bonds is 5. The first-order chi connectivity index (χ1) is 11.7. The van der Waals surface area contributed by atoms with Gasteiger partial charge in [0.1, 0.15) is 11.1 Å². The number of aromatic amines is 2. The number of ether oxygens (including phenoxy) is 1. The number of fused-ring (bicyclic) bond motifs is 1. The lowest BCUT2D eigenvalue weighted by molar-refractivity contribution is -0.349. The van der Waals surface area contributed by atoms with Crippen molar-refractivity contribution in [2.75, 3.05) is 7.11 Å². The summed E-state index contributed by atoms with van der Waals surface area (Å²) < 4.78 is 6.85. The van der Waals surface area contributed by atoms with Crippen molar-refractivity contribution in [1.82, 2.24) is 9.55 Å². The standard InChI is InChI=1S/C18H19N3O3/c1-3-4-10-21-16-15(17(22)20-18(21)23)14(8-9-19-16)12-6-5-7-13(11-12)24-2/h5-9,11H,3-4,10H2,1-2H3,(H,20,22,23)/p+1. The van der Waals surface area contributed by atoms with Crippen LogP contribution in [0.3, 0.4) is 0 Å². The van der Waals surface area contributed by atoms with Crippen LogP contribution >= 0.6 is 0 Å². The molecule has 0 spiro atoms. The Kier molecular flexibility index (Phi) is 4.46. The fourth-order valence-electron chi connectivity index (χ4n) is 2.82. The average molecular weight is 326 g/mol. The van der Waals surface area contributed by atoms with Gasteiger partial charge in [-0.2, -0.15) is 4.57 Å². The number of unbranched alkanes of at least 4 members (excludes halogenated alkanes) is 1. The highest BCUT2D eigenvalue weighted by Crippen LogP contribution is 2.26. The van der Waals surface area contributed by atoms with E-state index in [4.69, 9.17) is 4.74 Å². The van der Waals surface area contributed by atoms with Gasteiger partial charge in [0.05, 0.1) is 19.9 Å². The summed E-state index contributed by atoms with van der Waals surface area (Å²) in [5.41, 5.74) is 1.38. The molecule has 0 saturated heterocycles. The van der Waals surface area contributed by atoms with Crippen molar-refractivity contribution >= 4 is 11.0 Å². The first-order valence-electron chi connectivity index (χ1n) is 7.97. The lowest BCUT2D eigenvalue weighted by Gasteiger charge is -2.07. The van der Waals surface area contributed by atoms with Gasteiger partial charge in [0.25, 0.3) is 11.2 Å². The van der Waals surface area contributed by atoms with Crippen LogP contribution in [-0.4, -0.2) is 16.7 Å². The lowest BCUT2D eigenvalue weighted by Crippen LogP contribution is -2.34. The molecule has 0 saturated carbocycles. The molecule has 6 nitrogen and oxygen atoms in total. The molecule has 0 aliphatic heterocycles. The Hall–Kier alpha value is -2.89. The van der Waals surface area contributed by atoms with Crippen molar-refractivity contribution in [2.45, 2.75) is 26.3 Å². The SMILES string of the molecule is CCCCn1c(=O)[nH]c(=O)c2c(-c3cccc(OC)c3)cc[nH+]c21. The van der Waals surface area contributed by atoms with Gasteiger partial charge in [-0.1, -0.05) is 25.5 Å². The van der Waals surface area contributed by atoms with Crippen molar-refractivity contribution in [1.29, 1.82) is 0 Å². The first kappa shape index (κ1) is 16.0. The summed E-state index contributed by atoms with van der Waals surface area (Å²) in [5, 5.41) is 0.474. The summed E-state index contributed by atoms with van der Waals surface area (Å²) in [6, 6.07) is 9.34. The van der Waals surface area contributed by atoms with E-state index in [-0.39, 0.29) is 5.69 Å². The molecule has 24 heavy (non-hydrogen) atoms. The molecule has 6 heteroatoms. The zero-order valence-corrected chi connectivity index (χ0v) is 13.8. The molecule has 2 heterocycles. The number of hydrogen-bond donors (Lipinski definition) is 1. The molecule has 124 valence electrons. The second-order valence-electron chi connectivity index (χ2n) is 5.61. The number of benzene rings is 1. The molecule has 2 N–H and O–H groups in total. The van der Waals surface area contributed by atoms with Gasteiger partial charge in [-0.15, -0.1) is 0 Å². The third-order valence-corrected chi connectivity index (χ3v) is 4.05. The quantitative estimate of drug-likeness (QED) is 0.779. The van der Waals surface area contributed by atoms with E-state index >= 15 is 0 Å². The Morgan fingerprint density at radius 3 is 2.83 bits per heavy atom. The summed E-state index contributed by atoms with van der Waals surface area (Å²) in [5.74, 6) is 0.712. The number of nitrogens with zero attached hydrogens (tertiary/aromatic N) is 1. The predicted molar refractivity (Wildman–Crippen MR) is 92.3 cm³/mol. The second kappa shape index (κ2) is 6.70.